The highest BCUT2D eigenvalue weighted by Crippen LogP contribution is 2.84. The quantitative estimate of drug-likeness (QED) is 0.164. The van der Waals surface area contributed by atoms with Crippen LogP contribution in [0.5, 0.6) is 0 Å². The maximum Gasteiger partial charge on any atom is 0.410 e. The lowest BCUT2D eigenvalue weighted by molar-refractivity contribution is -0.531. The van der Waals surface area contributed by atoms with Crippen LogP contribution in [-0.4, -0.2) is 47.9 Å². The lowest BCUT2D eigenvalue weighted by Crippen LogP contribution is -3.00. The first-order chi connectivity index (χ1) is 21.9. The molecule has 0 amide bonds. The zero-order valence-corrected chi connectivity index (χ0v) is 21.6. The first kappa shape index (κ1) is 40.9. The molecule has 284 valence electrons. The number of hydrogen-bond donors (Lipinski definition) is 0. The van der Waals surface area contributed by atoms with Gasteiger partial charge in [0.2, 0.25) is 33.8 Å². The predicted octanol–water partition coefficient (Wildman–Crippen LogP) is 10.2. The van der Waals surface area contributed by atoms with Crippen molar-refractivity contribution >= 4 is 0 Å². The van der Waals surface area contributed by atoms with Gasteiger partial charge in [0.15, 0.2) is 46.5 Å². The topological polar surface area (TPSA) is 0 Å². The van der Waals surface area contributed by atoms with Crippen molar-refractivity contribution in [2.45, 2.75) is 58.7 Å². The second-order valence-electron chi connectivity index (χ2n) is 9.85. The van der Waals surface area contributed by atoms with Crippen LogP contribution in [0.2, 0.25) is 0 Å². The molecule has 0 spiro atoms. The monoisotopic (exact) mass is 796 g/mol. The van der Waals surface area contributed by atoms with E-state index in [1.54, 1.807) is 0 Å². The standard InChI is InChI=1S/C22F28/c23-3-1(4(24)8(28)11(31)7(3)27)13(19(39,40)41,20(42,43)44)15(33)16(34,18(37,38)17(15,35)36)14(21(45,46)47,22(48,49)50)2-5(25)9(29)12(32)10(30)6(2)26. The van der Waals surface area contributed by atoms with Gasteiger partial charge in [-0.15, -0.1) is 0 Å². The Labute approximate surface area is 252 Å². The van der Waals surface area contributed by atoms with Gasteiger partial charge in [0.25, 0.3) is 0 Å². The molecule has 28 heteroatoms. The molecule has 0 aliphatic heterocycles. The van der Waals surface area contributed by atoms with Crippen LogP contribution in [0.15, 0.2) is 0 Å². The third-order valence-corrected chi connectivity index (χ3v) is 7.64. The van der Waals surface area contributed by atoms with Crippen LogP contribution in [0.4, 0.5) is 123 Å². The van der Waals surface area contributed by atoms with E-state index in [0.717, 1.165) is 0 Å². The predicted molar refractivity (Wildman–Crippen MR) is 97.6 cm³/mol. The fourth-order valence-electron chi connectivity index (χ4n) is 5.67. The van der Waals surface area contributed by atoms with E-state index in [0.29, 0.717) is 0 Å². The highest BCUT2D eigenvalue weighted by atomic mass is 19.4. The van der Waals surface area contributed by atoms with Crippen molar-refractivity contribution in [2.75, 3.05) is 0 Å². The number of halogens is 28. The Bertz CT molecular complexity index is 1520. The van der Waals surface area contributed by atoms with Gasteiger partial charge in [-0.25, -0.2) is 52.7 Å². The minimum Gasteiger partial charge on any atom is -0.231 e. The molecule has 2 atom stereocenters. The summed E-state index contributed by atoms with van der Waals surface area (Å²) in [5, 5.41) is 0. The fourth-order valence-corrected chi connectivity index (χ4v) is 5.67. The lowest BCUT2D eigenvalue weighted by atomic mass is 9.40. The van der Waals surface area contributed by atoms with E-state index in [2.05, 4.69) is 0 Å². The molecule has 0 heterocycles. The summed E-state index contributed by atoms with van der Waals surface area (Å²) in [5.41, 5.74) is -49.3. The van der Waals surface area contributed by atoms with Crippen LogP contribution in [0.1, 0.15) is 11.1 Å². The van der Waals surface area contributed by atoms with Gasteiger partial charge >= 0.3 is 36.6 Å². The number of alkyl halides is 18. The Morgan fingerprint density at radius 3 is 0.540 bits per heavy atom. The van der Waals surface area contributed by atoms with Crippen molar-refractivity contribution in [3.63, 3.8) is 0 Å². The van der Waals surface area contributed by atoms with Gasteiger partial charge in [0.1, 0.15) is 0 Å². The van der Waals surface area contributed by atoms with Crippen molar-refractivity contribution in [1.29, 1.82) is 0 Å². The molecular weight excluding hydrogens is 796 g/mol. The molecule has 2 aromatic carbocycles. The minimum atomic E-state index is -9.73. The Kier molecular flexibility index (Phi) is 8.61. The van der Waals surface area contributed by atoms with Gasteiger partial charge in [-0.2, -0.15) is 70.2 Å². The van der Waals surface area contributed by atoms with E-state index in [4.69, 9.17) is 0 Å². The average Bonchev–Trinajstić information content (AvgIpc) is 2.93. The van der Waals surface area contributed by atoms with Crippen LogP contribution in [-0.2, 0) is 10.8 Å². The van der Waals surface area contributed by atoms with Crippen LogP contribution in [0.25, 0.3) is 0 Å². The summed E-state index contributed by atoms with van der Waals surface area (Å²) >= 11 is 0. The van der Waals surface area contributed by atoms with E-state index in [-0.39, 0.29) is 0 Å². The van der Waals surface area contributed by atoms with Gasteiger partial charge < -0.3 is 0 Å². The molecule has 0 aromatic heterocycles. The first-order valence-electron chi connectivity index (χ1n) is 11.3. The molecule has 0 nitrogen and oxygen atoms in total. The third-order valence-electron chi connectivity index (χ3n) is 7.64. The molecule has 1 aliphatic rings. The van der Waals surface area contributed by atoms with Gasteiger partial charge in [-0.1, -0.05) is 0 Å². The van der Waals surface area contributed by atoms with Crippen molar-refractivity contribution < 1.29 is 123 Å². The molecule has 1 aliphatic carbocycles. The van der Waals surface area contributed by atoms with Gasteiger partial charge in [-0.3, -0.25) is 0 Å². The summed E-state index contributed by atoms with van der Waals surface area (Å²) in [7, 11) is 0. The molecular formula is C22F28. The molecule has 0 radical (unpaired) electrons. The largest absolute Gasteiger partial charge is 0.410 e. The Morgan fingerprint density at radius 1 is 0.260 bits per heavy atom. The normalized spacial score (nSPS) is 23.3. The Morgan fingerprint density at radius 2 is 0.400 bits per heavy atom. The van der Waals surface area contributed by atoms with Crippen molar-refractivity contribution in [3.8, 4) is 0 Å². The van der Waals surface area contributed by atoms with E-state index in [1.807, 2.05) is 0 Å². The molecule has 0 N–H and O–H groups in total. The number of benzene rings is 2. The molecule has 1 fully saturated rings. The summed E-state index contributed by atoms with van der Waals surface area (Å²) in [6.07, 6.45) is -36.8. The summed E-state index contributed by atoms with van der Waals surface area (Å²) in [6.45, 7) is 0. The molecule has 1 saturated carbocycles. The third kappa shape index (κ3) is 3.92. The highest BCUT2D eigenvalue weighted by Gasteiger charge is 3.14. The summed E-state index contributed by atoms with van der Waals surface area (Å²) in [6, 6.07) is 0. The zero-order valence-electron chi connectivity index (χ0n) is 21.6. The molecule has 0 bridgehead atoms. The summed E-state index contributed by atoms with van der Waals surface area (Å²) in [4.78, 5) is 0. The SMILES string of the molecule is Fc1c(F)c(F)c(C(C(F)(F)F)(C(F)(F)F)C2(F)C(F)(F)C(F)(F)C2(F)C(c2c(F)c(F)c(F)c(F)c2F)(C(F)(F)F)C(F)(F)F)c(F)c1F. The van der Waals surface area contributed by atoms with E-state index in [1.165, 1.54) is 0 Å². The van der Waals surface area contributed by atoms with Crippen LogP contribution in [0.3, 0.4) is 0 Å². The first-order valence-corrected chi connectivity index (χ1v) is 11.3. The summed E-state index contributed by atoms with van der Waals surface area (Å²) < 4.78 is 406. The molecule has 50 heavy (non-hydrogen) atoms. The zero-order chi connectivity index (χ0) is 39.9. The Balaban J connectivity index is 3.05. The van der Waals surface area contributed by atoms with Gasteiger partial charge in [0, 0.05) is 0 Å². The lowest BCUT2D eigenvalue weighted by Gasteiger charge is -2.68. The smallest absolute Gasteiger partial charge is 0.231 e. The van der Waals surface area contributed by atoms with Crippen molar-refractivity contribution in [2.24, 2.45) is 0 Å². The van der Waals surface area contributed by atoms with Crippen LogP contribution >= 0.6 is 0 Å². The summed E-state index contributed by atoms with van der Waals surface area (Å²) in [5.74, 6) is -63.5. The molecule has 3 rings (SSSR count). The van der Waals surface area contributed by atoms with Crippen molar-refractivity contribution in [3.05, 3.63) is 69.3 Å². The van der Waals surface area contributed by atoms with Gasteiger partial charge in [-0.05, 0) is 0 Å². The molecule has 2 aromatic rings. The Hall–Kier alpha value is -3.52. The maximum absolute atomic E-state index is 16.5. The average molecular weight is 796 g/mol. The van der Waals surface area contributed by atoms with E-state index in [9.17, 15) is 114 Å². The van der Waals surface area contributed by atoms with Gasteiger partial charge in [0.05, 0.1) is 11.1 Å². The maximum atomic E-state index is 16.5. The minimum absolute atomic E-state index is 3.99. The fraction of sp³-hybridized carbons (Fsp3) is 0.455. The highest BCUT2D eigenvalue weighted by molar-refractivity contribution is 5.56. The molecule has 2 unspecified atom stereocenters. The second kappa shape index (κ2) is 10.5. The van der Waals surface area contributed by atoms with Crippen LogP contribution in [0, 0.1) is 58.2 Å². The van der Waals surface area contributed by atoms with E-state index >= 15 is 8.78 Å². The van der Waals surface area contributed by atoms with Crippen molar-refractivity contribution in [1.82, 2.24) is 0 Å². The molecule has 0 saturated heterocycles. The second-order valence-corrected chi connectivity index (χ2v) is 9.85. The number of rotatable bonds is 4. The van der Waals surface area contributed by atoms with Crippen LogP contribution < -0.4 is 0 Å². The van der Waals surface area contributed by atoms with E-state index < -0.39 is 128 Å². The number of hydrogen-bond acceptors (Lipinski definition) is 0.